The lowest BCUT2D eigenvalue weighted by Crippen LogP contribution is -2.68. The Morgan fingerprint density at radius 2 is 1.96 bits per heavy atom. The molecule has 1 aliphatic heterocycles. The van der Waals surface area contributed by atoms with Crippen molar-refractivity contribution in [2.75, 3.05) is 6.61 Å². The smallest absolute Gasteiger partial charge is 0.178 e. The number of aliphatic hydroxyl groups is 1. The molecule has 0 aromatic carbocycles. The van der Waals surface area contributed by atoms with Crippen molar-refractivity contribution in [3.8, 4) is 0 Å². The minimum Gasteiger partial charge on any atom is -0.391 e. The Bertz CT molecular complexity index is 679. The van der Waals surface area contributed by atoms with E-state index in [2.05, 4.69) is 20.4 Å². The van der Waals surface area contributed by atoms with Gasteiger partial charge >= 0.3 is 0 Å². The zero-order chi connectivity index (χ0) is 17.1. The predicted molar refractivity (Wildman–Crippen MR) is 87.1 cm³/mol. The van der Waals surface area contributed by atoms with Gasteiger partial charge in [0.1, 0.15) is 11.5 Å². The second kappa shape index (κ2) is 4.21. The van der Waals surface area contributed by atoms with Crippen molar-refractivity contribution in [1.82, 2.24) is 0 Å². The summed E-state index contributed by atoms with van der Waals surface area (Å²) in [6.07, 6.45) is 3.39. The fourth-order valence-corrected chi connectivity index (χ4v) is 7.65. The summed E-state index contributed by atoms with van der Waals surface area (Å²) >= 11 is 0. The molecule has 0 unspecified atom stereocenters. The number of Topliss-reactive ketones (excluding diaryl/α,β-unsaturated/α-hetero) is 2. The maximum absolute atomic E-state index is 13.6. The Labute approximate surface area is 142 Å². The fourth-order valence-electron chi connectivity index (χ4n) is 7.65. The first-order chi connectivity index (χ1) is 11.3. The highest BCUT2D eigenvalue weighted by Gasteiger charge is 2.79. The molecule has 5 fully saturated rings. The topological polar surface area (TPSA) is 63.6 Å². The van der Waals surface area contributed by atoms with Gasteiger partial charge in [-0.2, -0.15) is 0 Å². The summed E-state index contributed by atoms with van der Waals surface area (Å²) in [5.41, 5.74) is -0.878. The summed E-state index contributed by atoms with van der Waals surface area (Å²) in [6.45, 7) is 9.01. The molecular weight excluding hydrogens is 304 g/mol. The van der Waals surface area contributed by atoms with E-state index in [4.69, 9.17) is 4.74 Å². The Hall–Kier alpha value is -1.00. The van der Waals surface area contributed by atoms with Crippen molar-refractivity contribution in [1.29, 1.82) is 0 Å². The molecule has 0 aromatic rings. The third kappa shape index (κ3) is 1.31. The van der Waals surface area contributed by atoms with Crippen molar-refractivity contribution >= 4 is 11.6 Å². The maximum atomic E-state index is 13.6. The van der Waals surface area contributed by atoms with Crippen molar-refractivity contribution in [2.24, 2.45) is 34.0 Å². The first kappa shape index (κ1) is 15.3. The molecule has 0 amide bonds. The number of hydrogen-bond donors (Lipinski definition) is 1. The SMILES string of the molecule is C=C1C(=O)[C@@]23C(=O)[C@@H]4OC[C@]5(CCCC(C)(C)[C@@H]45)[C@@H]2CC[C@@H]1[C@H]3O. The van der Waals surface area contributed by atoms with Crippen molar-refractivity contribution < 1.29 is 19.4 Å². The molecular formula is C20H26O4. The van der Waals surface area contributed by atoms with Crippen LogP contribution in [0.15, 0.2) is 12.2 Å². The Kier molecular flexibility index (Phi) is 2.68. The minimum atomic E-state index is -1.26. The number of hydrogen-bond acceptors (Lipinski definition) is 4. The molecule has 1 saturated heterocycles. The van der Waals surface area contributed by atoms with E-state index in [0.717, 1.165) is 32.1 Å². The zero-order valence-corrected chi connectivity index (χ0v) is 14.5. The highest BCUT2D eigenvalue weighted by Crippen LogP contribution is 2.72. The lowest BCUT2D eigenvalue weighted by atomic mass is 9.40. The molecule has 4 nitrogen and oxygen atoms in total. The first-order valence-corrected chi connectivity index (χ1v) is 9.36. The van der Waals surface area contributed by atoms with Crippen molar-refractivity contribution in [2.45, 2.75) is 58.2 Å². The molecule has 1 spiro atoms. The molecule has 4 heteroatoms. The van der Waals surface area contributed by atoms with Gasteiger partial charge in [-0.3, -0.25) is 9.59 Å². The van der Waals surface area contributed by atoms with Crippen LogP contribution in [0.5, 0.6) is 0 Å². The quantitative estimate of drug-likeness (QED) is 0.547. The number of ketones is 2. The summed E-state index contributed by atoms with van der Waals surface area (Å²) in [6, 6.07) is 0. The number of ether oxygens (including phenoxy) is 1. The van der Waals surface area contributed by atoms with Crippen LogP contribution in [0.3, 0.4) is 0 Å². The van der Waals surface area contributed by atoms with Gasteiger partial charge < -0.3 is 9.84 Å². The van der Waals surface area contributed by atoms with Crippen LogP contribution in [-0.4, -0.2) is 35.5 Å². The van der Waals surface area contributed by atoms with Gasteiger partial charge in [-0.05, 0) is 42.6 Å². The third-order valence-electron chi connectivity index (χ3n) is 8.40. The van der Waals surface area contributed by atoms with E-state index in [1.54, 1.807) is 0 Å². The predicted octanol–water partition coefficient (Wildman–Crippen LogP) is 2.29. The van der Waals surface area contributed by atoms with E-state index < -0.39 is 17.6 Å². The second-order valence-electron chi connectivity index (χ2n) is 9.55. The van der Waals surface area contributed by atoms with Gasteiger partial charge in [-0.1, -0.05) is 26.8 Å². The van der Waals surface area contributed by atoms with Crippen molar-refractivity contribution in [3.63, 3.8) is 0 Å². The lowest BCUT2D eigenvalue weighted by molar-refractivity contribution is -0.187. The van der Waals surface area contributed by atoms with Gasteiger partial charge in [0.15, 0.2) is 11.6 Å². The van der Waals surface area contributed by atoms with Crippen LogP contribution in [0, 0.1) is 34.0 Å². The zero-order valence-electron chi connectivity index (χ0n) is 14.5. The molecule has 5 aliphatic rings. The van der Waals surface area contributed by atoms with Crippen LogP contribution in [0.25, 0.3) is 0 Å². The van der Waals surface area contributed by atoms with Gasteiger partial charge in [-0.25, -0.2) is 0 Å². The van der Waals surface area contributed by atoms with Crippen LogP contribution in [-0.2, 0) is 14.3 Å². The van der Waals surface area contributed by atoms with Gasteiger partial charge in [0.25, 0.3) is 0 Å². The normalized spacial score (nSPS) is 54.6. The number of carbonyl (C=O) groups is 2. The molecule has 7 atom stereocenters. The van der Waals surface area contributed by atoms with Crippen molar-refractivity contribution in [3.05, 3.63) is 12.2 Å². The van der Waals surface area contributed by atoms with Gasteiger partial charge in [0.05, 0.1) is 12.7 Å². The summed E-state index contributed by atoms with van der Waals surface area (Å²) in [4.78, 5) is 26.7. The molecule has 4 aliphatic carbocycles. The second-order valence-corrected chi connectivity index (χ2v) is 9.55. The number of fused-ring (bicyclic) bond motifs is 1. The van der Waals surface area contributed by atoms with Gasteiger partial charge in [0, 0.05) is 17.3 Å². The monoisotopic (exact) mass is 330 g/mol. The van der Waals surface area contributed by atoms with E-state index in [1.807, 2.05) is 0 Å². The van der Waals surface area contributed by atoms with Crippen LogP contribution in [0.4, 0.5) is 0 Å². The van der Waals surface area contributed by atoms with E-state index in [1.165, 1.54) is 0 Å². The maximum Gasteiger partial charge on any atom is 0.178 e. The molecule has 4 bridgehead atoms. The molecule has 24 heavy (non-hydrogen) atoms. The largest absolute Gasteiger partial charge is 0.391 e. The molecule has 1 heterocycles. The third-order valence-corrected chi connectivity index (χ3v) is 8.40. The summed E-state index contributed by atoms with van der Waals surface area (Å²) < 4.78 is 6.09. The molecule has 4 saturated carbocycles. The Balaban J connectivity index is 1.76. The van der Waals surface area contributed by atoms with Crippen LogP contribution >= 0.6 is 0 Å². The van der Waals surface area contributed by atoms with E-state index in [0.29, 0.717) is 12.2 Å². The highest BCUT2D eigenvalue weighted by atomic mass is 16.5. The molecule has 0 aromatic heterocycles. The van der Waals surface area contributed by atoms with Crippen LogP contribution < -0.4 is 0 Å². The molecule has 130 valence electrons. The molecule has 5 rings (SSSR count). The van der Waals surface area contributed by atoms with Crippen LogP contribution in [0.1, 0.15) is 46.0 Å². The Morgan fingerprint density at radius 1 is 1.21 bits per heavy atom. The lowest BCUT2D eigenvalue weighted by Gasteiger charge is -2.61. The summed E-state index contributed by atoms with van der Waals surface area (Å²) in [5.74, 6) is -0.460. The standard InChI is InChI=1S/C20H26O4/c1-10-11-5-6-12-19-8-4-7-18(2,3)14(19)13(24-9-19)17(23)20(12,15(10)21)16(11)22/h11-14,16,22H,1,4-9H2,2-3H3/t11-,12-,13+,14+,16+,19+,20-/m0/s1. The van der Waals surface area contributed by atoms with E-state index in [-0.39, 0.29) is 40.2 Å². The average Bonchev–Trinajstić information content (AvgIpc) is 2.93. The van der Waals surface area contributed by atoms with E-state index in [9.17, 15) is 14.7 Å². The highest BCUT2D eigenvalue weighted by molar-refractivity contribution is 6.19. The fraction of sp³-hybridized carbons (Fsp3) is 0.800. The van der Waals surface area contributed by atoms with Gasteiger partial charge in [-0.15, -0.1) is 0 Å². The van der Waals surface area contributed by atoms with Crippen LogP contribution in [0.2, 0.25) is 0 Å². The molecule has 1 N–H and O–H groups in total. The average molecular weight is 330 g/mol. The molecule has 0 radical (unpaired) electrons. The number of rotatable bonds is 0. The Morgan fingerprint density at radius 3 is 2.71 bits per heavy atom. The number of carbonyl (C=O) groups excluding carboxylic acids is 2. The first-order valence-electron chi connectivity index (χ1n) is 9.36. The van der Waals surface area contributed by atoms with E-state index >= 15 is 0 Å². The summed E-state index contributed by atoms with van der Waals surface area (Å²) in [7, 11) is 0. The minimum absolute atomic E-state index is 0.0388. The number of aliphatic hydroxyl groups excluding tert-OH is 1. The summed E-state index contributed by atoms with van der Waals surface area (Å²) in [5, 5.41) is 11.0. The van der Waals surface area contributed by atoms with Gasteiger partial charge in [0.2, 0.25) is 0 Å².